The van der Waals surface area contributed by atoms with Crippen LogP contribution in [0.15, 0.2) is 61.7 Å². The van der Waals surface area contributed by atoms with Crippen LogP contribution >= 0.6 is 0 Å². The predicted octanol–water partition coefficient (Wildman–Crippen LogP) is 5.37. The number of hydrogen-bond donors (Lipinski definition) is 2. The lowest BCUT2D eigenvalue weighted by molar-refractivity contribution is -0.138. The molecule has 2 aromatic carbocycles. The maximum atomic E-state index is 12.7. The molecule has 0 aliphatic heterocycles. The smallest absolute Gasteiger partial charge is 0.264 e. The highest BCUT2D eigenvalue weighted by Crippen LogP contribution is 2.31. The van der Waals surface area contributed by atoms with Crippen molar-refractivity contribution in [2.24, 2.45) is 0 Å². The summed E-state index contributed by atoms with van der Waals surface area (Å²) in [5.74, 6) is 0. The predicted molar refractivity (Wildman–Crippen MR) is 94.3 cm³/mol. The number of rotatable bonds is 8. The Balaban J connectivity index is 1.80. The van der Waals surface area contributed by atoms with Gasteiger partial charge in [-0.3, -0.25) is 11.0 Å². The highest BCUT2D eigenvalue weighted by atomic mass is 19.4. The molecule has 156 valence electrons. The Morgan fingerprint density at radius 2 is 1.10 bits per heavy atom. The summed E-state index contributed by atoms with van der Waals surface area (Å²) in [6, 6.07) is 8.89. The van der Waals surface area contributed by atoms with Crippen LogP contribution in [0.2, 0.25) is 0 Å². The molecule has 0 aliphatic rings. The molecule has 0 saturated heterocycles. The van der Waals surface area contributed by atoms with Crippen LogP contribution in [0, 0.1) is 0 Å². The highest BCUT2D eigenvalue weighted by molar-refractivity contribution is 5.62. The Morgan fingerprint density at radius 1 is 0.724 bits per heavy atom. The molecule has 0 unspecified atom stereocenters. The second-order valence-corrected chi connectivity index (χ2v) is 5.72. The lowest BCUT2D eigenvalue weighted by Gasteiger charge is -2.14. The van der Waals surface area contributed by atoms with E-state index in [0.29, 0.717) is 0 Å². The normalized spacial score (nSPS) is 11.8. The lowest BCUT2D eigenvalue weighted by atomic mass is 10.1. The van der Waals surface area contributed by atoms with Gasteiger partial charge in [-0.05, 0) is 35.4 Å². The standard InChI is InChI=1S/C19H16F6N2O2/c1-12(14-5-3-7-16(9-14)18(20,21)22)26-28-11-29-27-13(2)15-6-4-8-17(10-15)19(23,24)25/h3-10,26-27H,1-2,11H2. The first-order chi connectivity index (χ1) is 13.5. The van der Waals surface area contributed by atoms with Crippen LogP contribution in [0.4, 0.5) is 26.3 Å². The molecule has 0 amide bonds. The van der Waals surface area contributed by atoms with Gasteiger partial charge in [-0.2, -0.15) is 26.3 Å². The number of alkyl halides is 6. The van der Waals surface area contributed by atoms with Crippen molar-refractivity contribution in [2.45, 2.75) is 12.4 Å². The van der Waals surface area contributed by atoms with Crippen molar-refractivity contribution >= 4 is 11.4 Å². The van der Waals surface area contributed by atoms with E-state index in [1.807, 2.05) is 0 Å². The van der Waals surface area contributed by atoms with Crippen molar-refractivity contribution in [2.75, 3.05) is 6.79 Å². The quantitative estimate of drug-likeness (QED) is 0.262. The van der Waals surface area contributed by atoms with Crippen LogP contribution in [-0.2, 0) is 22.0 Å². The van der Waals surface area contributed by atoms with Crippen molar-refractivity contribution in [1.29, 1.82) is 0 Å². The minimum absolute atomic E-state index is 0.0522. The van der Waals surface area contributed by atoms with E-state index in [4.69, 9.17) is 9.68 Å². The van der Waals surface area contributed by atoms with Crippen molar-refractivity contribution in [3.05, 3.63) is 83.9 Å². The van der Waals surface area contributed by atoms with E-state index in [1.165, 1.54) is 24.3 Å². The maximum Gasteiger partial charge on any atom is 0.416 e. The molecule has 2 N–H and O–H groups in total. The Bertz CT molecular complexity index is 806. The third-order valence-corrected chi connectivity index (χ3v) is 3.59. The van der Waals surface area contributed by atoms with Gasteiger partial charge in [0.05, 0.1) is 22.5 Å². The van der Waals surface area contributed by atoms with Crippen LogP contribution in [0.3, 0.4) is 0 Å². The van der Waals surface area contributed by atoms with Gasteiger partial charge in [-0.15, -0.1) is 0 Å². The van der Waals surface area contributed by atoms with Gasteiger partial charge in [-0.1, -0.05) is 37.4 Å². The van der Waals surface area contributed by atoms with E-state index in [9.17, 15) is 26.3 Å². The Kier molecular flexibility index (Phi) is 6.93. The van der Waals surface area contributed by atoms with Gasteiger partial charge in [0.1, 0.15) is 0 Å². The van der Waals surface area contributed by atoms with E-state index in [-0.39, 0.29) is 22.5 Å². The summed E-state index contributed by atoms with van der Waals surface area (Å²) < 4.78 is 76.3. The van der Waals surface area contributed by atoms with Crippen LogP contribution < -0.4 is 11.0 Å². The largest absolute Gasteiger partial charge is 0.416 e. The highest BCUT2D eigenvalue weighted by Gasteiger charge is 2.31. The summed E-state index contributed by atoms with van der Waals surface area (Å²) in [6.45, 7) is 6.67. The zero-order valence-electron chi connectivity index (χ0n) is 14.8. The van der Waals surface area contributed by atoms with Gasteiger partial charge in [0.2, 0.25) is 0 Å². The summed E-state index contributed by atoms with van der Waals surface area (Å²) in [6.07, 6.45) is -8.98. The molecule has 2 aromatic rings. The van der Waals surface area contributed by atoms with Crippen molar-refractivity contribution in [3.8, 4) is 0 Å². The molecule has 0 radical (unpaired) electrons. The minimum atomic E-state index is -4.49. The van der Waals surface area contributed by atoms with Crippen molar-refractivity contribution in [1.82, 2.24) is 11.0 Å². The molecular formula is C19H16F6N2O2. The molecule has 4 nitrogen and oxygen atoms in total. The Labute approximate surface area is 162 Å². The summed E-state index contributed by atoms with van der Waals surface area (Å²) in [5, 5.41) is 0. The first kappa shape index (κ1) is 22.3. The van der Waals surface area contributed by atoms with Crippen molar-refractivity contribution in [3.63, 3.8) is 0 Å². The molecule has 0 bridgehead atoms. The summed E-state index contributed by atoms with van der Waals surface area (Å²) in [4.78, 5) is 9.81. The molecule has 10 heteroatoms. The monoisotopic (exact) mass is 418 g/mol. The third kappa shape index (κ3) is 6.54. The molecular weight excluding hydrogens is 402 g/mol. The van der Waals surface area contributed by atoms with Gasteiger partial charge >= 0.3 is 12.4 Å². The lowest BCUT2D eigenvalue weighted by Crippen LogP contribution is -2.20. The van der Waals surface area contributed by atoms with Crippen LogP contribution in [-0.4, -0.2) is 6.79 Å². The first-order valence-electron chi connectivity index (χ1n) is 7.97. The van der Waals surface area contributed by atoms with E-state index in [0.717, 1.165) is 24.3 Å². The van der Waals surface area contributed by atoms with Gasteiger partial charge in [-0.25, -0.2) is 9.68 Å². The second kappa shape index (κ2) is 9.01. The average Bonchev–Trinajstić information content (AvgIpc) is 2.66. The molecule has 0 fully saturated rings. The van der Waals surface area contributed by atoms with Gasteiger partial charge in [0, 0.05) is 0 Å². The molecule has 0 spiro atoms. The third-order valence-electron chi connectivity index (χ3n) is 3.59. The number of hydrogen-bond acceptors (Lipinski definition) is 4. The van der Waals surface area contributed by atoms with E-state index in [1.54, 1.807) is 0 Å². The fraction of sp³-hybridized carbons (Fsp3) is 0.158. The van der Waals surface area contributed by atoms with Crippen LogP contribution in [0.5, 0.6) is 0 Å². The molecule has 0 aliphatic carbocycles. The molecule has 2 rings (SSSR count). The van der Waals surface area contributed by atoms with E-state index >= 15 is 0 Å². The zero-order valence-corrected chi connectivity index (χ0v) is 14.8. The van der Waals surface area contributed by atoms with E-state index < -0.39 is 30.3 Å². The summed E-state index contributed by atoms with van der Waals surface area (Å²) in [7, 11) is 0. The van der Waals surface area contributed by atoms with Crippen LogP contribution in [0.25, 0.3) is 11.4 Å². The van der Waals surface area contributed by atoms with Gasteiger partial charge < -0.3 is 0 Å². The second-order valence-electron chi connectivity index (χ2n) is 5.72. The fourth-order valence-corrected chi connectivity index (χ4v) is 2.15. The topological polar surface area (TPSA) is 42.5 Å². The minimum Gasteiger partial charge on any atom is -0.264 e. The summed E-state index contributed by atoms with van der Waals surface area (Å²) >= 11 is 0. The maximum absolute atomic E-state index is 12.7. The van der Waals surface area contributed by atoms with Gasteiger partial charge in [0.25, 0.3) is 0 Å². The fourth-order valence-electron chi connectivity index (χ4n) is 2.15. The first-order valence-corrected chi connectivity index (χ1v) is 7.97. The average molecular weight is 418 g/mol. The molecule has 29 heavy (non-hydrogen) atoms. The summed E-state index contributed by atoms with van der Waals surface area (Å²) in [5.41, 5.74) is 3.36. The Morgan fingerprint density at radius 3 is 1.45 bits per heavy atom. The number of hydroxylamine groups is 2. The number of nitrogens with one attached hydrogen (secondary N) is 2. The number of benzene rings is 2. The van der Waals surface area contributed by atoms with Crippen LogP contribution in [0.1, 0.15) is 22.3 Å². The van der Waals surface area contributed by atoms with Gasteiger partial charge in [0.15, 0.2) is 6.79 Å². The molecule has 0 saturated carbocycles. The number of halogens is 6. The molecule has 0 heterocycles. The van der Waals surface area contributed by atoms with Crippen molar-refractivity contribution < 1.29 is 36.0 Å². The zero-order chi connectivity index (χ0) is 21.7. The molecule has 0 aromatic heterocycles. The molecule has 0 atom stereocenters. The van der Waals surface area contributed by atoms with E-state index in [2.05, 4.69) is 24.1 Å². The SMILES string of the molecule is C=C(NOCONC(=C)c1cccc(C(F)(F)F)c1)c1cccc(C(F)(F)F)c1. The Hall–Kier alpha value is -2.98.